The zero-order valence-electron chi connectivity index (χ0n) is 15.9. The monoisotopic (exact) mass is 368 g/mol. The molecule has 0 N–H and O–H groups in total. The second-order valence-electron chi connectivity index (χ2n) is 7.15. The van der Waals surface area contributed by atoms with Gasteiger partial charge in [0.05, 0.1) is 18.6 Å². The number of hydrogen-bond acceptors (Lipinski definition) is 5. The molecule has 0 spiro atoms. The van der Waals surface area contributed by atoms with Crippen molar-refractivity contribution in [3.05, 3.63) is 47.8 Å². The minimum atomic E-state index is 0.0311. The Morgan fingerprint density at radius 2 is 2.15 bits per heavy atom. The molecule has 0 bridgehead atoms. The van der Waals surface area contributed by atoms with Crippen molar-refractivity contribution in [2.75, 3.05) is 13.1 Å². The third-order valence-electron chi connectivity index (χ3n) is 5.18. The van der Waals surface area contributed by atoms with E-state index in [0.29, 0.717) is 18.8 Å². The Balaban J connectivity index is 1.51. The molecule has 1 unspecified atom stereocenters. The molecule has 0 aliphatic carbocycles. The summed E-state index contributed by atoms with van der Waals surface area (Å²) in [7, 11) is 3.81. The minimum absolute atomic E-state index is 0.0311. The molecule has 1 saturated heterocycles. The molecule has 0 aromatic carbocycles. The van der Waals surface area contributed by atoms with Gasteiger partial charge in [0.15, 0.2) is 5.82 Å². The quantitative estimate of drug-likeness (QED) is 0.689. The van der Waals surface area contributed by atoms with E-state index in [9.17, 15) is 4.79 Å². The third-order valence-corrected chi connectivity index (χ3v) is 5.18. The van der Waals surface area contributed by atoms with Crippen LogP contribution in [-0.4, -0.2) is 58.0 Å². The smallest absolute Gasteiger partial charge is 0.272 e. The van der Waals surface area contributed by atoms with Gasteiger partial charge in [0.25, 0.3) is 5.91 Å². The molecule has 3 aromatic rings. The molecular weight excluding hydrogens is 344 g/mol. The van der Waals surface area contributed by atoms with Crippen LogP contribution >= 0.6 is 0 Å². The van der Waals surface area contributed by atoms with Crippen molar-refractivity contribution >= 4 is 5.91 Å². The van der Waals surface area contributed by atoms with Gasteiger partial charge in [0.2, 0.25) is 0 Å². The minimum Gasteiger partial charge on any atom is -0.337 e. The molecule has 1 aliphatic rings. The van der Waals surface area contributed by atoms with Gasteiger partial charge < -0.3 is 14.0 Å². The van der Waals surface area contributed by atoms with Crippen molar-refractivity contribution in [1.29, 1.82) is 0 Å². The van der Waals surface area contributed by atoms with Gasteiger partial charge >= 0.3 is 0 Å². The molecular formula is C18H24N8O. The number of rotatable bonds is 4. The fourth-order valence-corrected chi connectivity index (χ4v) is 3.76. The topological polar surface area (TPSA) is 86.7 Å². The summed E-state index contributed by atoms with van der Waals surface area (Å²) in [5, 5.41) is 13.1. The van der Waals surface area contributed by atoms with E-state index in [1.807, 2.05) is 47.3 Å². The SMILES string of the molecule is Cc1cc(C(=O)N2CCCC(c3nnc(Cn4ccnc4)n3C)C2)n(C)n1. The van der Waals surface area contributed by atoms with Crippen molar-refractivity contribution in [3.63, 3.8) is 0 Å². The Labute approximate surface area is 157 Å². The number of carbonyl (C=O) groups is 1. The second-order valence-corrected chi connectivity index (χ2v) is 7.15. The predicted molar refractivity (Wildman–Crippen MR) is 98.2 cm³/mol. The second kappa shape index (κ2) is 6.98. The van der Waals surface area contributed by atoms with Gasteiger partial charge in [-0.2, -0.15) is 5.10 Å². The number of hydrogen-bond donors (Lipinski definition) is 0. The third kappa shape index (κ3) is 3.36. The van der Waals surface area contributed by atoms with E-state index in [2.05, 4.69) is 20.3 Å². The first kappa shape index (κ1) is 17.4. The first-order valence-corrected chi connectivity index (χ1v) is 9.16. The van der Waals surface area contributed by atoms with Crippen molar-refractivity contribution in [2.45, 2.75) is 32.2 Å². The highest BCUT2D eigenvalue weighted by molar-refractivity contribution is 5.92. The molecule has 3 aromatic heterocycles. The first-order valence-electron chi connectivity index (χ1n) is 9.16. The van der Waals surface area contributed by atoms with Crippen LogP contribution in [0.5, 0.6) is 0 Å². The summed E-state index contributed by atoms with van der Waals surface area (Å²) in [4.78, 5) is 18.9. The van der Waals surface area contributed by atoms with E-state index >= 15 is 0 Å². The number of amides is 1. The number of piperidine rings is 1. The Morgan fingerprint density at radius 3 is 2.85 bits per heavy atom. The summed E-state index contributed by atoms with van der Waals surface area (Å²) in [5.74, 6) is 2.03. The van der Waals surface area contributed by atoms with Crippen LogP contribution in [0.25, 0.3) is 0 Å². The van der Waals surface area contributed by atoms with Crippen LogP contribution in [0.1, 0.15) is 46.6 Å². The summed E-state index contributed by atoms with van der Waals surface area (Å²) in [6.07, 6.45) is 7.39. The zero-order chi connectivity index (χ0) is 19.0. The van der Waals surface area contributed by atoms with E-state index < -0.39 is 0 Å². The number of imidazole rings is 1. The maximum absolute atomic E-state index is 12.9. The molecule has 1 amide bonds. The van der Waals surface area contributed by atoms with Gasteiger partial charge in [0, 0.05) is 45.5 Å². The molecule has 0 saturated carbocycles. The normalized spacial score (nSPS) is 17.4. The largest absolute Gasteiger partial charge is 0.337 e. The molecule has 9 nitrogen and oxygen atoms in total. The molecule has 1 atom stereocenters. The Morgan fingerprint density at radius 1 is 1.30 bits per heavy atom. The van der Waals surface area contributed by atoms with Gasteiger partial charge in [-0.15, -0.1) is 10.2 Å². The van der Waals surface area contributed by atoms with Crippen LogP contribution in [0.4, 0.5) is 0 Å². The Bertz CT molecular complexity index is 939. The summed E-state index contributed by atoms with van der Waals surface area (Å²) in [6.45, 7) is 3.95. The maximum Gasteiger partial charge on any atom is 0.272 e. The lowest BCUT2D eigenvalue weighted by atomic mass is 9.97. The fraction of sp³-hybridized carbons (Fsp3) is 0.500. The standard InChI is InChI=1S/C18H24N8O/c1-13-9-15(24(3)22-13)18(27)26-7-4-5-14(10-26)17-21-20-16(23(17)2)11-25-8-6-19-12-25/h6,8-9,12,14H,4-5,7,10-11H2,1-3H3. The number of nitrogens with zero attached hydrogens (tertiary/aromatic N) is 8. The summed E-state index contributed by atoms with van der Waals surface area (Å²) < 4.78 is 5.68. The van der Waals surface area contributed by atoms with Gasteiger partial charge in [-0.1, -0.05) is 0 Å². The van der Waals surface area contributed by atoms with Crippen LogP contribution in [0, 0.1) is 6.92 Å². The van der Waals surface area contributed by atoms with E-state index in [4.69, 9.17) is 0 Å². The summed E-state index contributed by atoms with van der Waals surface area (Å²) >= 11 is 0. The predicted octanol–water partition coefficient (Wildman–Crippen LogP) is 1.12. The van der Waals surface area contributed by atoms with Crippen molar-refractivity contribution < 1.29 is 4.79 Å². The number of likely N-dealkylation sites (tertiary alicyclic amines) is 1. The van der Waals surface area contributed by atoms with Gasteiger partial charge in [0.1, 0.15) is 11.5 Å². The van der Waals surface area contributed by atoms with Crippen LogP contribution in [0.2, 0.25) is 0 Å². The lowest BCUT2D eigenvalue weighted by molar-refractivity contribution is 0.0692. The fourth-order valence-electron chi connectivity index (χ4n) is 3.76. The van der Waals surface area contributed by atoms with E-state index in [0.717, 1.165) is 36.7 Å². The lowest BCUT2D eigenvalue weighted by Crippen LogP contribution is -2.40. The maximum atomic E-state index is 12.9. The molecule has 4 heterocycles. The average Bonchev–Trinajstić information content (AvgIpc) is 3.37. The van der Waals surface area contributed by atoms with Crippen molar-refractivity contribution in [1.82, 2.24) is 39.0 Å². The number of aryl methyl sites for hydroxylation is 2. The molecule has 27 heavy (non-hydrogen) atoms. The highest BCUT2D eigenvalue weighted by Gasteiger charge is 2.30. The Kier molecular flexibility index (Phi) is 4.51. The van der Waals surface area contributed by atoms with Crippen LogP contribution < -0.4 is 0 Å². The lowest BCUT2D eigenvalue weighted by Gasteiger charge is -2.32. The van der Waals surface area contributed by atoms with E-state index in [-0.39, 0.29) is 11.8 Å². The highest BCUT2D eigenvalue weighted by Crippen LogP contribution is 2.27. The Hall–Kier alpha value is -2.97. The van der Waals surface area contributed by atoms with Crippen LogP contribution in [0.15, 0.2) is 24.8 Å². The molecule has 142 valence electrons. The highest BCUT2D eigenvalue weighted by atomic mass is 16.2. The molecule has 4 rings (SSSR count). The summed E-state index contributed by atoms with van der Waals surface area (Å²) in [5.41, 5.74) is 1.48. The van der Waals surface area contributed by atoms with E-state index in [1.165, 1.54) is 0 Å². The van der Waals surface area contributed by atoms with Gasteiger partial charge in [-0.3, -0.25) is 9.48 Å². The van der Waals surface area contributed by atoms with Crippen molar-refractivity contribution in [3.8, 4) is 0 Å². The molecule has 9 heteroatoms. The molecule has 1 fully saturated rings. The zero-order valence-corrected chi connectivity index (χ0v) is 15.9. The van der Waals surface area contributed by atoms with Crippen molar-refractivity contribution in [2.24, 2.45) is 14.1 Å². The average molecular weight is 368 g/mol. The molecule has 0 radical (unpaired) electrons. The number of aromatic nitrogens is 7. The molecule has 1 aliphatic heterocycles. The van der Waals surface area contributed by atoms with E-state index in [1.54, 1.807) is 17.2 Å². The van der Waals surface area contributed by atoms with Gasteiger partial charge in [-0.05, 0) is 25.8 Å². The van der Waals surface area contributed by atoms with Crippen LogP contribution in [-0.2, 0) is 20.6 Å². The van der Waals surface area contributed by atoms with Crippen LogP contribution in [0.3, 0.4) is 0 Å². The van der Waals surface area contributed by atoms with Gasteiger partial charge in [-0.25, -0.2) is 4.98 Å². The first-order chi connectivity index (χ1) is 13.0. The number of carbonyl (C=O) groups excluding carboxylic acids is 1. The summed E-state index contributed by atoms with van der Waals surface area (Å²) in [6, 6.07) is 1.84.